The molecule has 0 saturated carbocycles. The molecule has 10 heteroatoms. The van der Waals surface area contributed by atoms with E-state index >= 15 is 0 Å². The molecule has 0 radical (unpaired) electrons. The second-order valence-electron chi connectivity index (χ2n) is 6.68. The van der Waals surface area contributed by atoms with Gasteiger partial charge in [-0.05, 0) is 36.8 Å². The van der Waals surface area contributed by atoms with Crippen molar-refractivity contribution in [3.8, 4) is 0 Å². The molecule has 8 nitrogen and oxygen atoms in total. The van der Waals surface area contributed by atoms with E-state index in [0.717, 1.165) is 45.7 Å². The van der Waals surface area contributed by atoms with Crippen molar-refractivity contribution in [3.05, 3.63) is 34.4 Å². The Morgan fingerprint density at radius 1 is 1.26 bits per heavy atom. The molecule has 5 rings (SSSR count). The van der Waals surface area contributed by atoms with Crippen LogP contribution in [0.15, 0.2) is 23.1 Å². The third-order valence-electron chi connectivity index (χ3n) is 4.95. The Morgan fingerprint density at radius 3 is 2.85 bits per heavy atom. The molecule has 3 aromatic heterocycles. The standard InChI is InChI=1S/C17H17N7OS2/c1-9-5-12-13(22-27-21-12)6-11(9)19-16-18-7-14-15(20-16)24(17(25)23(14)2)10-3-4-26-8-10/h5-7,10H,3-4,8H2,1-2H3,(H,18,19,20). The molecule has 1 unspecified atom stereocenters. The fraction of sp³-hybridized carbons (Fsp3) is 0.353. The van der Waals surface area contributed by atoms with Crippen LogP contribution in [0.2, 0.25) is 0 Å². The van der Waals surface area contributed by atoms with Crippen LogP contribution >= 0.6 is 23.5 Å². The first-order valence-electron chi connectivity index (χ1n) is 8.63. The summed E-state index contributed by atoms with van der Waals surface area (Å²) in [5, 5.41) is 3.28. The number of imidazole rings is 1. The lowest BCUT2D eigenvalue weighted by molar-refractivity contribution is 0.544. The zero-order valence-corrected chi connectivity index (χ0v) is 16.5. The number of thioether (sulfide) groups is 1. The fourth-order valence-electron chi connectivity index (χ4n) is 3.44. The molecular weight excluding hydrogens is 382 g/mol. The minimum atomic E-state index is -0.0323. The van der Waals surface area contributed by atoms with Crippen LogP contribution in [0.5, 0.6) is 0 Å². The molecule has 1 atom stereocenters. The van der Waals surface area contributed by atoms with Crippen molar-refractivity contribution in [1.29, 1.82) is 0 Å². The molecule has 138 valence electrons. The molecule has 1 fully saturated rings. The summed E-state index contributed by atoms with van der Waals surface area (Å²) in [4.78, 5) is 21.8. The minimum Gasteiger partial charge on any atom is -0.324 e. The zero-order chi connectivity index (χ0) is 18.5. The fourth-order valence-corrected chi connectivity index (χ4v) is 5.14. The van der Waals surface area contributed by atoms with Crippen molar-refractivity contribution < 1.29 is 0 Å². The summed E-state index contributed by atoms with van der Waals surface area (Å²) in [5.41, 5.74) is 5.05. The summed E-state index contributed by atoms with van der Waals surface area (Å²) in [6.07, 6.45) is 2.70. The summed E-state index contributed by atoms with van der Waals surface area (Å²) < 4.78 is 12.0. The smallest absolute Gasteiger partial charge is 0.324 e. The number of nitrogens with one attached hydrogen (secondary N) is 1. The Bertz CT molecular complexity index is 1220. The average Bonchev–Trinajstić information content (AvgIpc) is 3.37. The third kappa shape index (κ3) is 2.71. The number of aryl methyl sites for hydroxylation is 2. The number of hydrogen-bond acceptors (Lipinski definition) is 8. The Labute approximate surface area is 163 Å². The summed E-state index contributed by atoms with van der Waals surface area (Å²) >= 11 is 3.07. The van der Waals surface area contributed by atoms with Crippen molar-refractivity contribution in [2.45, 2.75) is 19.4 Å². The molecule has 1 aromatic carbocycles. The number of fused-ring (bicyclic) bond motifs is 2. The molecular formula is C17H17N7OS2. The lowest BCUT2D eigenvalue weighted by Gasteiger charge is -2.11. The van der Waals surface area contributed by atoms with Crippen molar-refractivity contribution >= 4 is 57.3 Å². The quantitative estimate of drug-likeness (QED) is 0.566. The number of nitrogens with zero attached hydrogens (tertiary/aromatic N) is 6. The summed E-state index contributed by atoms with van der Waals surface area (Å²) in [6.45, 7) is 2.01. The van der Waals surface area contributed by atoms with Crippen LogP contribution in [0.4, 0.5) is 11.6 Å². The second-order valence-corrected chi connectivity index (χ2v) is 8.35. The Balaban J connectivity index is 1.60. The summed E-state index contributed by atoms with van der Waals surface area (Å²) in [5.74, 6) is 2.49. The van der Waals surface area contributed by atoms with Crippen LogP contribution < -0.4 is 11.0 Å². The van der Waals surface area contributed by atoms with Crippen molar-refractivity contribution in [1.82, 2.24) is 27.8 Å². The van der Waals surface area contributed by atoms with Gasteiger partial charge >= 0.3 is 5.69 Å². The average molecular weight is 400 g/mol. The number of rotatable bonds is 3. The number of anilines is 2. The van der Waals surface area contributed by atoms with E-state index < -0.39 is 0 Å². The molecule has 0 amide bonds. The lowest BCUT2D eigenvalue weighted by Crippen LogP contribution is -2.26. The van der Waals surface area contributed by atoms with Crippen molar-refractivity contribution in [2.24, 2.45) is 7.05 Å². The highest BCUT2D eigenvalue weighted by Gasteiger charge is 2.24. The molecule has 4 aromatic rings. The minimum absolute atomic E-state index is 0.0323. The normalized spacial score (nSPS) is 17.2. The molecule has 1 N–H and O–H groups in total. The third-order valence-corrected chi connectivity index (χ3v) is 6.65. The molecule has 1 aliphatic heterocycles. The molecule has 0 spiro atoms. The Kier molecular flexibility index (Phi) is 3.90. The maximum atomic E-state index is 12.7. The van der Waals surface area contributed by atoms with Gasteiger partial charge in [-0.2, -0.15) is 25.5 Å². The number of aromatic nitrogens is 6. The maximum absolute atomic E-state index is 12.7. The van der Waals surface area contributed by atoms with Gasteiger partial charge in [0.2, 0.25) is 5.95 Å². The van der Waals surface area contributed by atoms with Crippen LogP contribution in [0.25, 0.3) is 22.2 Å². The first-order chi connectivity index (χ1) is 13.1. The van der Waals surface area contributed by atoms with Crippen LogP contribution in [0.3, 0.4) is 0 Å². The van der Waals surface area contributed by atoms with Gasteiger partial charge in [-0.25, -0.2) is 9.78 Å². The van der Waals surface area contributed by atoms with Gasteiger partial charge in [0.25, 0.3) is 0 Å². The van der Waals surface area contributed by atoms with E-state index in [2.05, 4.69) is 24.0 Å². The van der Waals surface area contributed by atoms with Gasteiger partial charge in [0.15, 0.2) is 5.65 Å². The highest BCUT2D eigenvalue weighted by Crippen LogP contribution is 2.30. The van der Waals surface area contributed by atoms with E-state index in [1.54, 1.807) is 17.8 Å². The van der Waals surface area contributed by atoms with Crippen LogP contribution in [-0.2, 0) is 7.05 Å². The van der Waals surface area contributed by atoms with E-state index in [0.29, 0.717) is 11.6 Å². The maximum Gasteiger partial charge on any atom is 0.330 e. The molecule has 27 heavy (non-hydrogen) atoms. The van der Waals surface area contributed by atoms with E-state index in [1.807, 2.05) is 35.4 Å². The molecule has 0 aliphatic carbocycles. The monoisotopic (exact) mass is 399 g/mol. The highest BCUT2D eigenvalue weighted by atomic mass is 32.2. The summed E-state index contributed by atoms with van der Waals surface area (Å²) in [7, 11) is 1.77. The van der Waals surface area contributed by atoms with E-state index in [9.17, 15) is 4.79 Å². The van der Waals surface area contributed by atoms with Gasteiger partial charge in [0.05, 0.1) is 24.0 Å². The largest absolute Gasteiger partial charge is 0.330 e. The molecule has 1 aliphatic rings. The second kappa shape index (κ2) is 6.31. The highest BCUT2D eigenvalue weighted by molar-refractivity contribution is 7.99. The molecule has 0 bridgehead atoms. The van der Waals surface area contributed by atoms with Gasteiger partial charge in [-0.1, -0.05) is 0 Å². The Hall–Kier alpha value is -2.46. The molecule has 4 heterocycles. The van der Waals surface area contributed by atoms with Crippen LogP contribution in [0.1, 0.15) is 18.0 Å². The lowest BCUT2D eigenvalue weighted by atomic mass is 10.2. The molecule has 1 saturated heterocycles. The zero-order valence-electron chi connectivity index (χ0n) is 14.8. The number of hydrogen-bond donors (Lipinski definition) is 1. The van der Waals surface area contributed by atoms with Crippen LogP contribution in [0, 0.1) is 6.92 Å². The van der Waals surface area contributed by atoms with Gasteiger partial charge in [0.1, 0.15) is 16.6 Å². The predicted octanol–water partition coefficient (Wildman–Crippen LogP) is 2.86. The van der Waals surface area contributed by atoms with E-state index in [-0.39, 0.29) is 11.7 Å². The van der Waals surface area contributed by atoms with Gasteiger partial charge in [-0.3, -0.25) is 9.13 Å². The topological polar surface area (TPSA) is 90.5 Å². The van der Waals surface area contributed by atoms with Gasteiger partial charge in [0, 0.05) is 18.5 Å². The summed E-state index contributed by atoms with van der Waals surface area (Å²) in [6, 6.07) is 4.13. The van der Waals surface area contributed by atoms with E-state index in [4.69, 9.17) is 0 Å². The van der Waals surface area contributed by atoms with Crippen LogP contribution in [-0.4, -0.2) is 39.4 Å². The first kappa shape index (κ1) is 16.7. The van der Waals surface area contributed by atoms with E-state index in [1.165, 1.54) is 11.7 Å². The SMILES string of the molecule is Cc1cc2nsnc2cc1Nc1ncc2c(n1)n(C1CCSC1)c(=O)n2C. The number of benzene rings is 1. The first-order valence-corrected chi connectivity index (χ1v) is 10.5. The van der Waals surface area contributed by atoms with Crippen molar-refractivity contribution in [2.75, 3.05) is 16.8 Å². The van der Waals surface area contributed by atoms with Gasteiger partial charge in [-0.15, -0.1) is 0 Å². The van der Waals surface area contributed by atoms with Crippen molar-refractivity contribution in [3.63, 3.8) is 0 Å². The predicted molar refractivity (Wildman–Crippen MR) is 109 cm³/mol. The van der Waals surface area contributed by atoms with Gasteiger partial charge < -0.3 is 5.32 Å². The Morgan fingerprint density at radius 2 is 2.07 bits per heavy atom.